The molecule has 0 saturated carbocycles. The van der Waals surface area contributed by atoms with Gasteiger partial charge < -0.3 is 20.1 Å². The lowest BCUT2D eigenvalue weighted by atomic mass is 9.80. The van der Waals surface area contributed by atoms with Gasteiger partial charge in [-0.2, -0.15) is 10.4 Å². The Morgan fingerprint density at radius 1 is 1.41 bits per heavy atom. The van der Waals surface area contributed by atoms with E-state index in [0.717, 1.165) is 12.0 Å². The Balaban J connectivity index is 1.39. The average Bonchev–Trinajstić information content (AvgIpc) is 3.14. The van der Waals surface area contributed by atoms with Crippen LogP contribution in [-0.4, -0.2) is 44.8 Å². The Labute approximate surface area is 194 Å². The number of carbonyl (C=O) groups excluding carboxylic acids is 1. The predicted molar refractivity (Wildman–Crippen MR) is 119 cm³/mol. The number of nitriles is 1. The molecule has 3 unspecified atom stereocenters. The molecule has 174 valence electrons. The molecule has 2 aliphatic heterocycles. The molecule has 4 heterocycles. The number of H-pyrrole nitrogens is 1. The number of halogens is 1. The van der Waals surface area contributed by atoms with Crippen molar-refractivity contribution in [2.75, 3.05) is 11.9 Å². The molecule has 3 atom stereocenters. The molecule has 2 aliphatic carbocycles. The monoisotopic (exact) mass is 463 g/mol. The molecule has 2 aromatic rings. The van der Waals surface area contributed by atoms with Gasteiger partial charge in [-0.15, -0.1) is 0 Å². The van der Waals surface area contributed by atoms with E-state index >= 15 is 4.39 Å². The first-order valence-corrected chi connectivity index (χ1v) is 11.0. The van der Waals surface area contributed by atoms with Crippen molar-refractivity contribution in [2.45, 2.75) is 38.8 Å². The van der Waals surface area contributed by atoms with Gasteiger partial charge in [0.2, 0.25) is 5.88 Å². The number of aromatic nitrogens is 4. The van der Waals surface area contributed by atoms with E-state index in [-0.39, 0.29) is 53.1 Å². The molecule has 2 aromatic heterocycles. The summed E-state index contributed by atoms with van der Waals surface area (Å²) in [5.41, 5.74) is 1.82. The molecular formula is C23H22FN7O3. The number of anilines is 2. The van der Waals surface area contributed by atoms with Crippen molar-refractivity contribution >= 4 is 17.6 Å². The zero-order chi connectivity index (χ0) is 23.8. The van der Waals surface area contributed by atoms with E-state index in [1.807, 2.05) is 19.1 Å². The summed E-state index contributed by atoms with van der Waals surface area (Å²) in [4.78, 5) is 19.9. The van der Waals surface area contributed by atoms with Gasteiger partial charge in [0.15, 0.2) is 28.8 Å². The highest BCUT2D eigenvalue weighted by molar-refractivity contribution is 5.88. The van der Waals surface area contributed by atoms with E-state index < -0.39 is 11.8 Å². The van der Waals surface area contributed by atoms with Crippen LogP contribution in [0.1, 0.15) is 42.7 Å². The third kappa shape index (κ3) is 3.82. The van der Waals surface area contributed by atoms with Gasteiger partial charge in [-0.05, 0) is 38.3 Å². The number of nitrogens with zero attached hydrogens (tertiary/aromatic N) is 4. The summed E-state index contributed by atoms with van der Waals surface area (Å²) in [5, 5.41) is 22.6. The summed E-state index contributed by atoms with van der Waals surface area (Å²) < 4.78 is 26.2. The number of allylic oxidation sites excluding steroid dienone is 3. The lowest BCUT2D eigenvalue weighted by Gasteiger charge is -2.40. The molecule has 0 amide bonds. The van der Waals surface area contributed by atoms with E-state index in [9.17, 15) is 10.1 Å². The maximum Gasteiger partial charge on any atom is 0.356 e. The van der Waals surface area contributed by atoms with Gasteiger partial charge >= 0.3 is 5.97 Å². The largest absolute Gasteiger partial charge is 0.461 e. The van der Waals surface area contributed by atoms with Gasteiger partial charge in [-0.3, -0.25) is 5.10 Å². The van der Waals surface area contributed by atoms with Crippen molar-refractivity contribution in [3.8, 4) is 11.9 Å². The second kappa shape index (κ2) is 8.72. The second-order valence-corrected chi connectivity index (χ2v) is 8.26. The molecule has 3 N–H and O–H groups in total. The number of hydrogen-bond donors (Lipinski definition) is 3. The molecule has 0 aromatic carbocycles. The fourth-order valence-electron chi connectivity index (χ4n) is 4.39. The quantitative estimate of drug-likeness (QED) is 0.551. The number of ether oxygens (including phenoxy) is 2. The van der Waals surface area contributed by atoms with Crippen molar-refractivity contribution in [3.05, 3.63) is 58.5 Å². The van der Waals surface area contributed by atoms with Gasteiger partial charge in [0.1, 0.15) is 18.1 Å². The Hall–Kier alpha value is -4.04. The molecule has 1 fully saturated rings. The fraction of sp³-hybridized carbons (Fsp3) is 0.348. The highest BCUT2D eigenvalue weighted by Crippen LogP contribution is 2.42. The van der Waals surface area contributed by atoms with E-state index in [4.69, 9.17) is 9.47 Å². The maximum absolute atomic E-state index is 15.5. The number of esters is 1. The molecule has 10 nitrogen and oxygen atoms in total. The van der Waals surface area contributed by atoms with Crippen LogP contribution in [0.5, 0.6) is 5.88 Å². The minimum absolute atomic E-state index is 0.0273. The Bertz CT molecular complexity index is 1280. The molecule has 11 heteroatoms. The van der Waals surface area contributed by atoms with Gasteiger partial charge in [-0.25, -0.2) is 19.2 Å². The van der Waals surface area contributed by atoms with Crippen molar-refractivity contribution < 1.29 is 18.7 Å². The smallest absolute Gasteiger partial charge is 0.356 e. The zero-order valence-corrected chi connectivity index (χ0v) is 18.6. The normalized spacial score (nSPS) is 22.9. The number of hydrogen-bond acceptors (Lipinski definition) is 9. The van der Waals surface area contributed by atoms with E-state index in [1.54, 1.807) is 13.0 Å². The fourth-order valence-corrected chi connectivity index (χ4v) is 4.39. The topological polar surface area (TPSA) is 138 Å². The number of aromatic amines is 1. The summed E-state index contributed by atoms with van der Waals surface area (Å²) >= 11 is 0. The van der Waals surface area contributed by atoms with Crippen molar-refractivity contribution in [2.24, 2.45) is 5.92 Å². The van der Waals surface area contributed by atoms with Crippen LogP contribution in [0.2, 0.25) is 0 Å². The molecule has 34 heavy (non-hydrogen) atoms. The van der Waals surface area contributed by atoms with Crippen LogP contribution in [0, 0.1) is 17.2 Å². The molecule has 0 radical (unpaired) electrons. The van der Waals surface area contributed by atoms with Crippen LogP contribution in [0.4, 0.5) is 16.0 Å². The van der Waals surface area contributed by atoms with Crippen LogP contribution in [-0.2, 0) is 4.74 Å². The van der Waals surface area contributed by atoms with Crippen molar-refractivity contribution in [1.29, 1.82) is 5.26 Å². The second-order valence-electron chi connectivity index (χ2n) is 8.26. The van der Waals surface area contributed by atoms with Crippen LogP contribution < -0.4 is 15.4 Å². The van der Waals surface area contributed by atoms with E-state index in [1.165, 1.54) is 12.4 Å². The molecule has 4 aliphatic rings. The van der Waals surface area contributed by atoms with E-state index in [0.29, 0.717) is 18.0 Å². The highest BCUT2D eigenvalue weighted by Gasteiger charge is 2.42. The summed E-state index contributed by atoms with van der Waals surface area (Å²) in [5.74, 6) is -0.675. The first kappa shape index (κ1) is 21.8. The SMILES string of the molecule is CCOC(=O)c1cc(Nc2ncnc(OC3=CCC4C(=C3F)C=C(C)C3CC4N3)c2C#N)n[nH]1. The first-order valence-electron chi connectivity index (χ1n) is 11.0. The highest BCUT2D eigenvalue weighted by atomic mass is 19.1. The first-order chi connectivity index (χ1) is 16.5. The van der Waals surface area contributed by atoms with Crippen LogP contribution in [0.3, 0.4) is 0 Å². The lowest BCUT2D eigenvalue weighted by molar-refractivity contribution is 0.0519. The standard InChI is InChI=1S/C23H22FN7O3/c1-3-33-23(32)17-8-19(31-30-17)29-21-14(9-25)22(27-10-26-21)34-18-5-4-12-13(20(18)24)6-11(2)15-7-16(12)28-15/h5-6,8,10,12,15-16,28H,3-4,7H2,1-2H3,(H2,26,27,29,30,31). The summed E-state index contributed by atoms with van der Waals surface area (Å²) in [6.45, 7) is 3.92. The van der Waals surface area contributed by atoms with Gasteiger partial charge in [0.25, 0.3) is 0 Å². The predicted octanol–water partition coefficient (Wildman–Crippen LogP) is 3.19. The Kier molecular flexibility index (Phi) is 5.59. The third-order valence-corrected chi connectivity index (χ3v) is 6.20. The maximum atomic E-state index is 15.5. The zero-order valence-electron chi connectivity index (χ0n) is 18.6. The molecule has 6 rings (SSSR count). The van der Waals surface area contributed by atoms with Crippen molar-refractivity contribution in [3.63, 3.8) is 0 Å². The average molecular weight is 463 g/mol. The minimum atomic E-state index is -0.558. The van der Waals surface area contributed by atoms with Crippen LogP contribution in [0.25, 0.3) is 0 Å². The van der Waals surface area contributed by atoms with Crippen molar-refractivity contribution in [1.82, 2.24) is 25.5 Å². The Morgan fingerprint density at radius 3 is 3.00 bits per heavy atom. The van der Waals surface area contributed by atoms with Gasteiger partial charge in [-0.1, -0.05) is 11.6 Å². The number of carbonyl (C=O) groups is 1. The lowest BCUT2D eigenvalue weighted by Crippen LogP contribution is -2.55. The summed E-state index contributed by atoms with van der Waals surface area (Å²) in [6.07, 6.45) is 6.41. The molecular weight excluding hydrogens is 441 g/mol. The van der Waals surface area contributed by atoms with Gasteiger partial charge in [0.05, 0.1) is 6.61 Å². The third-order valence-electron chi connectivity index (χ3n) is 6.20. The molecule has 2 bridgehead atoms. The van der Waals surface area contributed by atoms with Crippen LogP contribution >= 0.6 is 0 Å². The summed E-state index contributed by atoms with van der Waals surface area (Å²) in [6, 6.07) is 3.97. The number of rotatable bonds is 6. The van der Waals surface area contributed by atoms with Gasteiger partial charge in [0, 0.05) is 24.1 Å². The van der Waals surface area contributed by atoms with E-state index in [2.05, 4.69) is 30.8 Å². The van der Waals surface area contributed by atoms with Crippen LogP contribution in [0.15, 0.2) is 47.3 Å². The number of nitrogens with one attached hydrogen (secondary N) is 3. The summed E-state index contributed by atoms with van der Waals surface area (Å²) in [7, 11) is 0. The minimum Gasteiger partial charge on any atom is -0.461 e. The Morgan fingerprint density at radius 2 is 2.24 bits per heavy atom. The molecule has 0 spiro atoms. The molecule has 1 saturated heterocycles.